The molecule has 2 aromatic carbocycles. The predicted octanol–water partition coefficient (Wildman–Crippen LogP) is 4.97. The summed E-state index contributed by atoms with van der Waals surface area (Å²) >= 11 is 0. The lowest BCUT2D eigenvalue weighted by Gasteiger charge is -2.37. The second kappa shape index (κ2) is 13.8. The van der Waals surface area contributed by atoms with Gasteiger partial charge in [-0.3, -0.25) is 4.79 Å². The Balaban J connectivity index is 1.32. The Hall–Kier alpha value is -2.30. The van der Waals surface area contributed by atoms with Crippen LogP contribution in [0.3, 0.4) is 0 Å². The number of carbonyl (C=O) groups is 1. The third-order valence-electron chi connectivity index (χ3n) is 9.37. The Morgan fingerprint density at radius 1 is 1.07 bits per heavy atom. The molecule has 3 fully saturated rings. The highest BCUT2D eigenvalue weighted by Gasteiger charge is 2.56. The summed E-state index contributed by atoms with van der Waals surface area (Å²) in [7, 11) is -3.85. The van der Waals surface area contributed by atoms with Gasteiger partial charge in [0.15, 0.2) is 6.29 Å². The lowest BCUT2D eigenvalue weighted by molar-refractivity contribution is -0.210. The summed E-state index contributed by atoms with van der Waals surface area (Å²) in [5.41, 5.74) is 1.94. The number of aliphatic hydroxyl groups excluding tert-OH is 1. The molecule has 2 heterocycles. The minimum atomic E-state index is -3.85. The number of aryl methyl sites for hydroxylation is 1. The SMILES string of the molecule is CC[C@@H]1CC2[C@H]3C(CO[C@H]3O1)C[C@@H]2OC(=O)CC(Cc1ccccc1)[C@H](O)CN(CC(C)C)S(=O)(=O)c1ccc(C)cc1. The molecule has 0 spiro atoms. The molecule has 1 aliphatic carbocycles. The van der Waals surface area contributed by atoms with Crippen LogP contribution in [0.15, 0.2) is 59.5 Å². The fourth-order valence-corrected chi connectivity index (χ4v) is 8.76. The van der Waals surface area contributed by atoms with Crippen molar-refractivity contribution in [1.82, 2.24) is 4.31 Å². The number of nitrogens with zero attached hydrogens (tertiary/aromatic N) is 1. The molecule has 8 atom stereocenters. The fraction of sp³-hybridized carbons (Fsp3) is 0.618. The van der Waals surface area contributed by atoms with E-state index in [1.54, 1.807) is 24.3 Å². The molecule has 5 rings (SSSR count). The van der Waals surface area contributed by atoms with Crippen LogP contribution in [-0.4, -0.2) is 68.1 Å². The van der Waals surface area contributed by atoms with Gasteiger partial charge >= 0.3 is 5.97 Å². The summed E-state index contributed by atoms with van der Waals surface area (Å²) in [5, 5.41) is 11.6. The first kappa shape index (κ1) is 32.1. The molecule has 43 heavy (non-hydrogen) atoms. The van der Waals surface area contributed by atoms with Crippen molar-refractivity contribution in [3.63, 3.8) is 0 Å². The topological polar surface area (TPSA) is 102 Å². The number of hydrogen-bond donors (Lipinski definition) is 1. The van der Waals surface area contributed by atoms with Crippen molar-refractivity contribution in [3.8, 4) is 0 Å². The average molecular weight is 614 g/mol. The molecule has 2 aliphatic heterocycles. The number of aliphatic hydroxyl groups is 1. The number of ether oxygens (including phenoxy) is 3. The molecule has 1 saturated carbocycles. The zero-order chi connectivity index (χ0) is 30.7. The van der Waals surface area contributed by atoms with Crippen LogP contribution < -0.4 is 0 Å². The predicted molar refractivity (Wildman–Crippen MR) is 164 cm³/mol. The smallest absolute Gasteiger partial charge is 0.306 e. The molecule has 0 aromatic heterocycles. The molecule has 9 heteroatoms. The molecule has 0 amide bonds. The summed E-state index contributed by atoms with van der Waals surface area (Å²) in [6.45, 7) is 8.70. The Morgan fingerprint density at radius 3 is 2.47 bits per heavy atom. The van der Waals surface area contributed by atoms with E-state index in [4.69, 9.17) is 14.2 Å². The molecule has 8 nitrogen and oxygen atoms in total. The summed E-state index contributed by atoms with van der Waals surface area (Å²) in [4.78, 5) is 13.7. The van der Waals surface area contributed by atoms with Crippen molar-refractivity contribution < 1.29 is 32.5 Å². The van der Waals surface area contributed by atoms with Gasteiger partial charge in [0.25, 0.3) is 0 Å². The fourth-order valence-electron chi connectivity index (χ4n) is 7.13. The third-order valence-corrected chi connectivity index (χ3v) is 11.2. The maximum absolute atomic E-state index is 13.7. The Labute approximate surface area is 256 Å². The van der Waals surface area contributed by atoms with Gasteiger partial charge in [0, 0.05) is 30.8 Å². The van der Waals surface area contributed by atoms with Crippen LogP contribution in [0.4, 0.5) is 0 Å². The van der Waals surface area contributed by atoms with Crippen LogP contribution >= 0.6 is 0 Å². The van der Waals surface area contributed by atoms with Crippen molar-refractivity contribution in [2.24, 2.45) is 29.6 Å². The number of benzene rings is 2. The molecule has 0 bridgehead atoms. The van der Waals surface area contributed by atoms with Crippen molar-refractivity contribution >= 4 is 16.0 Å². The van der Waals surface area contributed by atoms with E-state index in [0.717, 1.165) is 30.4 Å². The highest BCUT2D eigenvalue weighted by molar-refractivity contribution is 7.89. The molecule has 3 unspecified atom stereocenters. The average Bonchev–Trinajstić information content (AvgIpc) is 3.54. The summed E-state index contributed by atoms with van der Waals surface area (Å²) in [5.74, 6) is -0.0350. The van der Waals surface area contributed by atoms with Crippen molar-refractivity contribution in [2.75, 3.05) is 19.7 Å². The normalized spacial score (nSPS) is 28.2. The van der Waals surface area contributed by atoms with E-state index in [0.29, 0.717) is 18.9 Å². The van der Waals surface area contributed by atoms with Gasteiger partial charge in [-0.05, 0) is 62.1 Å². The lowest BCUT2D eigenvalue weighted by Crippen LogP contribution is -2.43. The van der Waals surface area contributed by atoms with Crippen LogP contribution in [-0.2, 0) is 35.4 Å². The van der Waals surface area contributed by atoms with E-state index in [2.05, 4.69) is 6.92 Å². The summed E-state index contributed by atoms with van der Waals surface area (Å²) < 4.78 is 47.0. The maximum Gasteiger partial charge on any atom is 0.306 e. The first-order chi connectivity index (χ1) is 20.5. The Bertz CT molecular complexity index is 1320. The summed E-state index contributed by atoms with van der Waals surface area (Å²) in [6.07, 6.45) is 1.55. The van der Waals surface area contributed by atoms with Crippen LogP contribution in [0.2, 0.25) is 0 Å². The van der Waals surface area contributed by atoms with Gasteiger partial charge in [-0.1, -0.05) is 68.8 Å². The van der Waals surface area contributed by atoms with E-state index >= 15 is 0 Å². The van der Waals surface area contributed by atoms with Gasteiger partial charge in [0.05, 0.1) is 30.1 Å². The summed E-state index contributed by atoms with van der Waals surface area (Å²) in [6, 6.07) is 16.5. The minimum Gasteiger partial charge on any atom is -0.462 e. The quantitative estimate of drug-likeness (QED) is 0.318. The van der Waals surface area contributed by atoms with Crippen LogP contribution in [0.1, 0.15) is 57.6 Å². The molecule has 2 aromatic rings. The molecule has 3 aliphatic rings. The van der Waals surface area contributed by atoms with Gasteiger partial charge in [-0.25, -0.2) is 8.42 Å². The number of rotatable bonds is 13. The minimum absolute atomic E-state index is 0.00233. The molecule has 0 radical (unpaired) electrons. The van der Waals surface area contributed by atoms with E-state index in [1.165, 1.54) is 4.31 Å². The molecular formula is C34H47NO7S. The van der Waals surface area contributed by atoms with E-state index in [-0.39, 0.29) is 66.6 Å². The van der Waals surface area contributed by atoms with Gasteiger partial charge in [0.2, 0.25) is 10.0 Å². The van der Waals surface area contributed by atoms with Crippen molar-refractivity contribution in [1.29, 1.82) is 0 Å². The van der Waals surface area contributed by atoms with Crippen molar-refractivity contribution in [2.45, 2.75) is 89.3 Å². The van der Waals surface area contributed by atoms with Crippen LogP contribution in [0.25, 0.3) is 0 Å². The second-order valence-corrected chi connectivity index (χ2v) is 15.1. The first-order valence-electron chi connectivity index (χ1n) is 15.8. The molecule has 2 saturated heterocycles. The highest BCUT2D eigenvalue weighted by Crippen LogP contribution is 2.51. The van der Waals surface area contributed by atoms with E-state index < -0.39 is 22.0 Å². The van der Waals surface area contributed by atoms with Gasteiger partial charge in [0.1, 0.15) is 6.10 Å². The zero-order valence-corrected chi connectivity index (χ0v) is 26.6. The first-order valence-corrected chi connectivity index (χ1v) is 17.2. The van der Waals surface area contributed by atoms with Crippen molar-refractivity contribution in [3.05, 3.63) is 65.7 Å². The number of esters is 1. The molecule has 1 N–H and O–H groups in total. The van der Waals surface area contributed by atoms with Crippen LogP contribution in [0.5, 0.6) is 0 Å². The number of sulfonamides is 1. The standard InChI is InChI=1S/C34H47NO7S/c1-5-27-18-29-31(16-26-21-40-34(41-27)33(26)29)42-32(37)17-25(15-24-9-7-6-8-10-24)30(36)20-35(19-22(2)3)43(38,39)28-13-11-23(4)12-14-28/h6-14,22,25-27,29-31,33-34,36H,5,15-21H2,1-4H3/t25?,26?,27-,29?,30-,31+,33-,34+/m1/s1. The van der Waals surface area contributed by atoms with E-state index in [1.807, 2.05) is 51.1 Å². The monoisotopic (exact) mass is 613 g/mol. The molecule has 236 valence electrons. The highest BCUT2D eigenvalue weighted by atomic mass is 32.2. The zero-order valence-electron chi connectivity index (χ0n) is 25.8. The number of hydrogen-bond acceptors (Lipinski definition) is 7. The maximum atomic E-state index is 13.7. The lowest BCUT2D eigenvalue weighted by atomic mass is 9.83. The third kappa shape index (κ3) is 7.51. The van der Waals surface area contributed by atoms with Gasteiger partial charge in [-0.2, -0.15) is 4.31 Å². The van der Waals surface area contributed by atoms with E-state index in [9.17, 15) is 18.3 Å². The van der Waals surface area contributed by atoms with Gasteiger partial charge < -0.3 is 19.3 Å². The second-order valence-electron chi connectivity index (χ2n) is 13.1. The largest absolute Gasteiger partial charge is 0.462 e. The number of carbonyl (C=O) groups excluding carboxylic acids is 1. The Morgan fingerprint density at radius 2 is 1.79 bits per heavy atom. The Kier molecular flexibility index (Phi) is 10.3. The van der Waals surface area contributed by atoms with Crippen LogP contribution in [0, 0.1) is 36.5 Å². The van der Waals surface area contributed by atoms with Gasteiger partial charge in [-0.15, -0.1) is 0 Å². The molecular weight excluding hydrogens is 566 g/mol.